The van der Waals surface area contributed by atoms with Crippen molar-refractivity contribution < 1.29 is 4.42 Å². The van der Waals surface area contributed by atoms with Gasteiger partial charge < -0.3 is 19.5 Å². The summed E-state index contributed by atoms with van der Waals surface area (Å²) in [6.45, 7) is 19.9. The first-order valence-electron chi connectivity index (χ1n) is 10.1. The second-order valence-electron chi connectivity index (χ2n) is 8.12. The van der Waals surface area contributed by atoms with E-state index in [9.17, 15) is 0 Å². The van der Waals surface area contributed by atoms with Crippen molar-refractivity contribution in [3.05, 3.63) is 17.8 Å². The van der Waals surface area contributed by atoms with Gasteiger partial charge in [0.05, 0.1) is 6.20 Å². The summed E-state index contributed by atoms with van der Waals surface area (Å²) in [5.74, 6) is 3.29. The predicted octanol–water partition coefficient (Wildman–Crippen LogP) is 3.72. The Balaban J connectivity index is 0.00000364. The van der Waals surface area contributed by atoms with Gasteiger partial charge in [0.25, 0.3) is 0 Å². The minimum atomic E-state index is -0.0218. The highest BCUT2D eigenvalue weighted by atomic mass is 127. The standard InChI is InChI=1S/C20H37N5O.HI/c1-7-21-19(23-13-18-22-12-17(26-18)20(4,5)6)25-11-10-16(15-25)14-24(8-2)9-3;/h12,16H,7-11,13-15H2,1-6H3,(H,21,23);1H. The van der Waals surface area contributed by atoms with Crippen LogP contribution in [0, 0.1) is 5.92 Å². The summed E-state index contributed by atoms with van der Waals surface area (Å²) < 4.78 is 5.87. The van der Waals surface area contributed by atoms with Crippen molar-refractivity contribution in [3.63, 3.8) is 0 Å². The van der Waals surface area contributed by atoms with Crippen LogP contribution in [-0.2, 0) is 12.0 Å². The van der Waals surface area contributed by atoms with Crippen LogP contribution in [0.3, 0.4) is 0 Å². The minimum absolute atomic E-state index is 0. The summed E-state index contributed by atoms with van der Waals surface area (Å²) in [5.41, 5.74) is -0.0218. The topological polar surface area (TPSA) is 56.9 Å². The maximum Gasteiger partial charge on any atom is 0.216 e. The van der Waals surface area contributed by atoms with Crippen LogP contribution in [0.15, 0.2) is 15.6 Å². The van der Waals surface area contributed by atoms with Crippen LogP contribution in [0.2, 0.25) is 0 Å². The average molecular weight is 491 g/mol. The molecule has 0 saturated carbocycles. The molecule has 0 spiro atoms. The lowest BCUT2D eigenvalue weighted by molar-refractivity contribution is 0.255. The molecule has 1 aliphatic heterocycles. The molecule has 1 N–H and O–H groups in total. The summed E-state index contributed by atoms with van der Waals surface area (Å²) in [5, 5.41) is 3.43. The lowest BCUT2D eigenvalue weighted by Gasteiger charge is -2.24. The average Bonchev–Trinajstić information content (AvgIpc) is 3.25. The quantitative estimate of drug-likeness (QED) is 0.358. The summed E-state index contributed by atoms with van der Waals surface area (Å²) in [6, 6.07) is 0. The maximum atomic E-state index is 5.87. The molecule has 1 unspecified atom stereocenters. The molecule has 7 heteroatoms. The Morgan fingerprint density at radius 1 is 1.33 bits per heavy atom. The molecule has 27 heavy (non-hydrogen) atoms. The molecular formula is C20H38IN5O. The van der Waals surface area contributed by atoms with Gasteiger partial charge in [-0.2, -0.15) is 0 Å². The molecule has 0 radical (unpaired) electrons. The number of rotatable bonds is 7. The van der Waals surface area contributed by atoms with Crippen LogP contribution in [0.25, 0.3) is 0 Å². The summed E-state index contributed by atoms with van der Waals surface area (Å²) in [4.78, 5) is 14.1. The molecule has 1 aromatic rings. The van der Waals surface area contributed by atoms with Crippen molar-refractivity contribution in [3.8, 4) is 0 Å². The van der Waals surface area contributed by atoms with Gasteiger partial charge in [0.15, 0.2) is 5.96 Å². The number of nitrogens with zero attached hydrogens (tertiary/aromatic N) is 4. The van der Waals surface area contributed by atoms with Gasteiger partial charge >= 0.3 is 0 Å². The lowest BCUT2D eigenvalue weighted by Crippen LogP contribution is -2.40. The van der Waals surface area contributed by atoms with Gasteiger partial charge in [0.1, 0.15) is 12.3 Å². The third-order valence-corrected chi connectivity index (χ3v) is 4.99. The van der Waals surface area contributed by atoms with Crippen LogP contribution in [0.5, 0.6) is 0 Å². The number of nitrogens with one attached hydrogen (secondary N) is 1. The Bertz CT molecular complexity index is 577. The van der Waals surface area contributed by atoms with E-state index >= 15 is 0 Å². The molecule has 2 heterocycles. The van der Waals surface area contributed by atoms with Gasteiger partial charge in [-0.25, -0.2) is 9.98 Å². The van der Waals surface area contributed by atoms with Crippen molar-refractivity contribution in [2.75, 3.05) is 39.3 Å². The van der Waals surface area contributed by atoms with Crippen molar-refractivity contribution >= 4 is 29.9 Å². The zero-order valence-corrected chi connectivity index (χ0v) is 20.2. The second-order valence-corrected chi connectivity index (χ2v) is 8.12. The van der Waals surface area contributed by atoms with Crippen LogP contribution in [0.4, 0.5) is 0 Å². The van der Waals surface area contributed by atoms with Gasteiger partial charge in [-0.3, -0.25) is 0 Å². The molecular weight excluding hydrogens is 453 g/mol. The fraction of sp³-hybridized carbons (Fsp3) is 0.800. The summed E-state index contributed by atoms with van der Waals surface area (Å²) in [6.07, 6.45) is 3.06. The first-order valence-corrected chi connectivity index (χ1v) is 10.1. The van der Waals surface area contributed by atoms with Crippen molar-refractivity contribution in [1.82, 2.24) is 20.1 Å². The zero-order chi connectivity index (χ0) is 19.2. The molecule has 0 aromatic carbocycles. The molecule has 1 aromatic heterocycles. The largest absolute Gasteiger partial charge is 0.443 e. The minimum Gasteiger partial charge on any atom is -0.443 e. The van der Waals surface area contributed by atoms with Crippen molar-refractivity contribution in [2.45, 2.75) is 59.9 Å². The molecule has 0 aliphatic carbocycles. The molecule has 6 nitrogen and oxygen atoms in total. The molecule has 2 rings (SSSR count). The third-order valence-electron chi connectivity index (χ3n) is 4.99. The Kier molecular flexibility index (Phi) is 10.1. The predicted molar refractivity (Wildman–Crippen MR) is 123 cm³/mol. The first kappa shape index (κ1) is 24.2. The lowest BCUT2D eigenvalue weighted by atomic mass is 9.94. The SMILES string of the molecule is CCNC(=NCc1ncc(C(C)(C)C)o1)N1CCC(CN(CC)CC)C1.I. The number of hydrogen-bond acceptors (Lipinski definition) is 4. The van der Waals surface area contributed by atoms with E-state index in [1.54, 1.807) is 0 Å². The fourth-order valence-corrected chi connectivity index (χ4v) is 3.32. The van der Waals surface area contributed by atoms with Crippen LogP contribution < -0.4 is 5.32 Å². The number of halogens is 1. The van der Waals surface area contributed by atoms with Crippen LogP contribution >= 0.6 is 24.0 Å². The van der Waals surface area contributed by atoms with Gasteiger partial charge in [-0.1, -0.05) is 34.6 Å². The van der Waals surface area contributed by atoms with E-state index in [1.165, 1.54) is 13.0 Å². The molecule has 1 saturated heterocycles. The van der Waals surface area contributed by atoms with E-state index in [1.807, 2.05) is 6.20 Å². The van der Waals surface area contributed by atoms with Crippen LogP contribution in [0.1, 0.15) is 59.6 Å². The monoisotopic (exact) mass is 491 g/mol. The Labute approximate surface area is 182 Å². The van der Waals surface area contributed by atoms with E-state index in [0.717, 1.165) is 44.4 Å². The maximum absolute atomic E-state index is 5.87. The molecule has 156 valence electrons. The second kappa shape index (κ2) is 11.2. The number of guanidine groups is 1. The smallest absolute Gasteiger partial charge is 0.216 e. The number of likely N-dealkylation sites (tertiary alicyclic amines) is 1. The summed E-state index contributed by atoms with van der Waals surface area (Å²) in [7, 11) is 0. The number of hydrogen-bond donors (Lipinski definition) is 1. The molecule has 1 fully saturated rings. The van der Waals surface area contributed by atoms with Gasteiger partial charge in [-0.15, -0.1) is 24.0 Å². The number of aliphatic imine (C=N–C) groups is 1. The van der Waals surface area contributed by atoms with E-state index in [4.69, 9.17) is 9.41 Å². The highest BCUT2D eigenvalue weighted by molar-refractivity contribution is 14.0. The fourth-order valence-electron chi connectivity index (χ4n) is 3.32. The zero-order valence-electron chi connectivity index (χ0n) is 17.9. The normalized spacial score (nSPS) is 18.1. The van der Waals surface area contributed by atoms with Gasteiger partial charge in [0.2, 0.25) is 5.89 Å². The highest BCUT2D eigenvalue weighted by Crippen LogP contribution is 2.23. The van der Waals surface area contributed by atoms with Gasteiger partial charge in [0, 0.05) is 31.6 Å². The number of oxazole rings is 1. The molecule has 0 amide bonds. The molecule has 1 atom stereocenters. The Morgan fingerprint density at radius 3 is 2.59 bits per heavy atom. The van der Waals surface area contributed by atoms with E-state index in [0.29, 0.717) is 18.4 Å². The first-order chi connectivity index (χ1) is 12.4. The van der Waals surface area contributed by atoms with E-state index in [-0.39, 0.29) is 29.4 Å². The van der Waals surface area contributed by atoms with Gasteiger partial charge in [-0.05, 0) is 32.4 Å². The number of aromatic nitrogens is 1. The molecule has 1 aliphatic rings. The van der Waals surface area contributed by atoms with Crippen molar-refractivity contribution in [1.29, 1.82) is 0 Å². The van der Waals surface area contributed by atoms with E-state index < -0.39 is 0 Å². The van der Waals surface area contributed by atoms with Crippen LogP contribution in [-0.4, -0.2) is 60.0 Å². The van der Waals surface area contributed by atoms with E-state index in [2.05, 4.69) is 61.6 Å². The Hall–Kier alpha value is -0.830. The third kappa shape index (κ3) is 7.25. The molecule has 0 bridgehead atoms. The Morgan fingerprint density at radius 2 is 2.04 bits per heavy atom. The van der Waals surface area contributed by atoms with Crippen molar-refractivity contribution in [2.24, 2.45) is 10.9 Å². The summed E-state index contributed by atoms with van der Waals surface area (Å²) >= 11 is 0. The highest BCUT2D eigenvalue weighted by Gasteiger charge is 2.26.